The van der Waals surface area contributed by atoms with E-state index in [1.54, 1.807) is 0 Å². The number of anilines is 1. The van der Waals surface area contributed by atoms with Gasteiger partial charge in [-0.05, 0) is 30.2 Å². The van der Waals surface area contributed by atoms with Crippen molar-refractivity contribution in [1.29, 1.82) is 0 Å². The quantitative estimate of drug-likeness (QED) is 0.875. The van der Waals surface area contributed by atoms with E-state index in [9.17, 15) is 0 Å². The van der Waals surface area contributed by atoms with Gasteiger partial charge in [0.2, 0.25) is 0 Å². The maximum atomic E-state index is 5.71. The summed E-state index contributed by atoms with van der Waals surface area (Å²) in [4.78, 5) is 0. The Hall–Kier alpha value is -1.96. The zero-order valence-corrected chi connectivity index (χ0v) is 11.9. The molecule has 1 atom stereocenters. The van der Waals surface area contributed by atoms with Crippen molar-refractivity contribution >= 4 is 5.69 Å². The molecule has 0 radical (unpaired) electrons. The van der Waals surface area contributed by atoms with Gasteiger partial charge in [0.05, 0.1) is 6.61 Å². The minimum atomic E-state index is 0.446. The molecular formula is C18H21NO. The molecule has 104 valence electrons. The molecule has 0 amide bonds. The highest BCUT2D eigenvalue weighted by Crippen LogP contribution is 2.33. The van der Waals surface area contributed by atoms with Crippen molar-refractivity contribution in [3.8, 4) is 5.75 Å². The number of rotatable bonds is 5. The lowest BCUT2D eigenvalue weighted by atomic mass is 10.0. The van der Waals surface area contributed by atoms with Gasteiger partial charge in [0.15, 0.2) is 0 Å². The third kappa shape index (κ3) is 2.79. The highest BCUT2D eigenvalue weighted by molar-refractivity contribution is 5.46. The minimum Gasteiger partial charge on any atom is -0.493 e. The lowest BCUT2D eigenvalue weighted by Gasteiger charge is -2.12. The van der Waals surface area contributed by atoms with E-state index in [1.165, 1.54) is 23.2 Å². The van der Waals surface area contributed by atoms with Crippen LogP contribution in [0.1, 0.15) is 30.4 Å². The van der Waals surface area contributed by atoms with Gasteiger partial charge in [-0.25, -0.2) is 0 Å². The number of aryl methyl sites for hydroxylation is 1. The molecule has 1 aliphatic rings. The lowest BCUT2D eigenvalue weighted by molar-refractivity contribution is 0.334. The largest absolute Gasteiger partial charge is 0.493 e. The number of fused-ring (bicyclic) bond motifs is 1. The fourth-order valence-electron chi connectivity index (χ4n) is 2.72. The number of hydrogen-bond acceptors (Lipinski definition) is 2. The number of nitrogens with one attached hydrogen (secondary N) is 1. The summed E-state index contributed by atoms with van der Waals surface area (Å²) in [5.41, 5.74) is 3.92. The third-order valence-corrected chi connectivity index (χ3v) is 3.84. The van der Waals surface area contributed by atoms with E-state index in [4.69, 9.17) is 4.74 Å². The zero-order valence-electron chi connectivity index (χ0n) is 11.9. The molecule has 2 aromatic rings. The van der Waals surface area contributed by atoms with Crippen LogP contribution < -0.4 is 10.1 Å². The molecular weight excluding hydrogens is 246 g/mol. The van der Waals surface area contributed by atoms with Crippen LogP contribution >= 0.6 is 0 Å². The summed E-state index contributed by atoms with van der Waals surface area (Å²) in [5, 5.41) is 3.52. The summed E-state index contributed by atoms with van der Waals surface area (Å²) in [6.45, 7) is 3.91. The number of ether oxygens (including phenoxy) is 1. The topological polar surface area (TPSA) is 21.3 Å². The normalized spacial score (nSPS) is 16.6. The predicted molar refractivity (Wildman–Crippen MR) is 83.6 cm³/mol. The van der Waals surface area contributed by atoms with Crippen LogP contribution in [0.15, 0.2) is 48.5 Å². The molecule has 2 heteroatoms. The van der Waals surface area contributed by atoms with Crippen molar-refractivity contribution in [2.75, 3.05) is 18.5 Å². The molecule has 0 aromatic heterocycles. The highest BCUT2D eigenvalue weighted by Gasteiger charge is 2.22. The van der Waals surface area contributed by atoms with Gasteiger partial charge in [-0.15, -0.1) is 0 Å². The standard InChI is InChI=1S/C18H21NO/c1-2-5-14-8-10-16(11-9-14)19-12-15-13-20-18-7-4-3-6-17(15)18/h3-4,6-11,15,19H,2,5,12-13H2,1H3. The van der Waals surface area contributed by atoms with Crippen LogP contribution in [0.3, 0.4) is 0 Å². The van der Waals surface area contributed by atoms with Gasteiger partial charge in [0.1, 0.15) is 5.75 Å². The Morgan fingerprint density at radius 3 is 2.70 bits per heavy atom. The molecule has 1 aliphatic heterocycles. The summed E-state index contributed by atoms with van der Waals surface area (Å²) in [7, 11) is 0. The van der Waals surface area contributed by atoms with Gasteiger partial charge in [-0.3, -0.25) is 0 Å². The highest BCUT2D eigenvalue weighted by atomic mass is 16.5. The second kappa shape index (κ2) is 6.00. The minimum absolute atomic E-state index is 0.446. The summed E-state index contributed by atoms with van der Waals surface area (Å²) in [6, 6.07) is 17.1. The number of hydrogen-bond donors (Lipinski definition) is 1. The Balaban J connectivity index is 1.60. The first-order chi connectivity index (χ1) is 9.86. The average molecular weight is 267 g/mol. The fourth-order valence-corrected chi connectivity index (χ4v) is 2.72. The summed E-state index contributed by atoms with van der Waals surface area (Å²) in [6.07, 6.45) is 2.35. The molecule has 1 unspecified atom stereocenters. The molecule has 1 N–H and O–H groups in total. The van der Waals surface area contributed by atoms with Crippen molar-refractivity contribution < 1.29 is 4.74 Å². The first-order valence-corrected chi connectivity index (χ1v) is 7.41. The van der Waals surface area contributed by atoms with Crippen LogP contribution in [0.2, 0.25) is 0 Å². The van der Waals surface area contributed by atoms with Crippen molar-refractivity contribution in [3.63, 3.8) is 0 Å². The molecule has 3 rings (SSSR count). The van der Waals surface area contributed by atoms with E-state index in [0.29, 0.717) is 5.92 Å². The third-order valence-electron chi connectivity index (χ3n) is 3.84. The van der Waals surface area contributed by atoms with E-state index < -0.39 is 0 Å². The number of para-hydroxylation sites is 1. The molecule has 0 bridgehead atoms. The van der Waals surface area contributed by atoms with Crippen LogP contribution in [-0.2, 0) is 6.42 Å². The van der Waals surface area contributed by atoms with Gasteiger partial charge in [0.25, 0.3) is 0 Å². The van der Waals surface area contributed by atoms with Crippen LogP contribution in [0.25, 0.3) is 0 Å². The first kappa shape index (κ1) is 13.0. The van der Waals surface area contributed by atoms with Gasteiger partial charge >= 0.3 is 0 Å². The summed E-state index contributed by atoms with van der Waals surface area (Å²) >= 11 is 0. The Morgan fingerprint density at radius 2 is 1.90 bits per heavy atom. The SMILES string of the molecule is CCCc1ccc(NCC2COc3ccccc32)cc1. The Labute approximate surface area is 120 Å². The average Bonchev–Trinajstić information content (AvgIpc) is 2.90. The van der Waals surface area contributed by atoms with Crippen LogP contribution in [0.4, 0.5) is 5.69 Å². The van der Waals surface area contributed by atoms with Crippen LogP contribution in [-0.4, -0.2) is 13.2 Å². The smallest absolute Gasteiger partial charge is 0.122 e. The van der Waals surface area contributed by atoms with Crippen molar-refractivity contribution in [1.82, 2.24) is 0 Å². The molecule has 0 aliphatic carbocycles. The van der Waals surface area contributed by atoms with Crippen molar-refractivity contribution in [2.45, 2.75) is 25.7 Å². The fraction of sp³-hybridized carbons (Fsp3) is 0.333. The van der Waals surface area contributed by atoms with Crippen molar-refractivity contribution in [2.24, 2.45) is 0 Å². The maximum Gasteiger partial charge on any atom is 0.122 e. The van der Waals surface area contributed by atoms with E-state index in [2.05, 4.69) is 54.7 Å². The van der Waals surface area contributed by atoms with Crippen LogP contribution in [0.5, 0.6) is 5.75 Å². The molecule has 0 saturated carbocycles. The van der Waals surface area contributed by atoms with Crippen LogP contribution in [0, 0.1) is 0 Å². The Morgan fingerprint density at radius 1 is 1.10 bits per heavy atom. The molecule has 1 heterocycles. The number of benzene rings is 2. The van der Waals surface area contributed by atoms with Crippen molar-refractivity contribution in [3.05, 3.63) is 59.7 Å². The second-order valence-corrected chi connectivity index (χ2v) is 5.37. The van der Waals surface area contributed by atoms with Gasteiger partial charge in [-0.2, -0.15) is 0 Å². The van der Waals surface area contributed by atoms with Gasteiger partial charge < -0.3 is 10.1 Å². The molecule has 20 heavy (non-hydrogen) atoms. The molecule has 0 saturated heterocycles. The van der Waals surface area contributed by atoms with Gasteiger partial charge in [-0.1, -0.05) is 43.7 Å². The van der Waals surface area contributed by atoms with E-state index in [1.807, 2.05) is 6.07 Å². The van der Waals surface area contributed by atoms with Gasteiger partial charge in [0, 0.05) is 23.7 Å². The molecule has 2 aromatic carbocycles. The molecule has 0 spiro atoms. The predicted octanol–water partition coefficient (Wildman–Crippen LogP) is 4.23. The van der Waals surface area contributed by atoms with E-state index in [-0.39, 0.29) is 0 Å². The second-order valence-electron chi connectivity index (χ2n) is 5.37. The first-order valence-electron chi connectivity index (χ1n) is 7.41. The maximum absolute atomic E-state index is 5.71. The molecule has 0 fully saturated rings. The summed E-state index contributed by atoms with van der Waals surface area (Å²) in [5.74, 6) is 1.49. The van der Waals surface area contributed by atoms with E-state index in [0.717, 1.165) is 25.3 Å². The molecule has 2 nitrogen and oxygen atoms in total. The zero-order chi connectivity index (χ0) is 13.8. The lowest BCUT2D eigenvalue weighted by Crippen LogP contribution is -2.13. The van der Waals surface area contributed by atoms with E-state index >= 15 is 0 Å². The summed E-state index contributed by atoms with van der Waals surface area (Å²) < 4.78 is 5.71. The monoisotopic (exact) mass is 267 g/mol. The Bertz CT molecular complexity index is 562. The Kier molecular flexibility index (Phi) is 3.91.